The van der Waals surface area contributed by atoms with E-state index < -0.39 is 17.7 Å². The van der Waals surface area contributed by atoms with Gasteiger partial charge in [-0.3, -0.25) is 4.79 Å². The fourth-order valence-electron chi connectivity index (χ4n) is 4.12. The Kier molecular flexibility index (Phi) is 22.9. The van der Waals surface area contributed by atoms with Gasteiger partial charge >= 0.3 is 12.1 Å². The lowest BCUT2D eigenvalue weighted by molar-refractivity contribution is -0.150. The van der Waals surface area contributed by atoms with E-state index in [1.54, 1.807) is 20.8 Å². The van der Waals surface area contributed by atoms with Gasteiger partial charge in [-0.2, -0.15) is 0 Å². The normalized spacial score (nSPS) is 13.2. The molecule has 2 atom stereocenters. The summed E-state index contributed by atoms with van der Waals surface area (Å²) < 4.78 is 16.8. The highest BCUT2D eigenvalue weighted by atomic mass is 16.6. The fraction of sp³-hybridized carbons (Fsp3) is 0.933. The Hall–Kier alpha value is -1.34. The van der Waals surface area contributed by atoms with Crippen molar-refractivity contribution >= 4 is 12.1 Å². The van der Waals surface area contributed by atoms with Gasteiger partial charge in [0.05, 0.1) is 25.9 Å². The minimum Gasteiger partial charge on any atom is -0.462 e. The molecule has 7 nitrogen and oxygen atoms in total. The molecule has 0 saturated heterocycles. The summed E-state index contributed by atoms with van der Waals surface area (Å²) in [6.45, 7) is 10.1. The topological polar surface area (TPSA) is 94.1 Å². The number of rotatable bonds is 24. The molecule has 0 radical (unpaired) electrons. The number of hydrogen-bond donors (Lipinski definition) is 2. The standard InChI is InChI=1S/C30H59NO6/c1-6-8-10-12-13-14-15-17-19-21-28(33)36-27(20-18-16-11-9-7-2)22-23-35-25-26(24-32)31-29(34)37-30(3,4)5/h26-27,32H,6-25H2,1-5H3,(H,31,34)/t26-,27+/m0/s1. The van der Waals surface area contributed by atoms with Crippen LogP contribution in [0.4, 0.5) is 4.79 Å². The van der Waals surface area contributed by atoms with Crippen LogP contribution in [0.3, 0.4) is 0 Å². The molecule has 0 aromatic heterocycles. The van der Waals surface area contributed by atoms with Crippen molar-refractivity contribution in [3.05, 3.63) is 0 Å². The average molecular weight is 530 g/mol. The molecule has 0 aliphatic carbocycles. The molecule has 2 N–H and O–H groups in total. The van der Waals surface area contributed by atoms with E-state index in [9.17, 15) is 14.7 Å². The highest BCUT2D eigenvalue weighted by Crippen LogP contribution is 2.15. The number of unbranched alkanes of at least 4 members (excludes halogenated alkanes) is 12. The van der Waals surface area contributed by atoms with E-state index in [0.29, 0.717) is 19.4 Å². The van der Waals surface area contributed by atoms with Crippen molar-refractivity contribution < 1.29 is 28.9 Å². The lowest BCUT2D eigenvalue weighted by Crippen LogP contribution is -2.43. The average Bonchev–Trinajstić information content (AvgIpc) is 2.83. The van der Waals surface area contributed by atoms with Crippen LogP contribution in [0.5, 0.6) is 0 Å². The molecule has 0 heterocycles. The summed E-state index contributed by atoms with van der Waals surface area (Å²) in [6, 6.07) is -0.545. The molecule has 37 heavy (non-hydrogen) atoms. The minimum absolute atomic E-state index is 0.110. The van der Waals surface area contributed by atoms with Gasteiger partial charge in [-0.05, 0) is 40.0 Å². The number of aliphatic hydroxyl groups excluding tert-OH is 1. The van der Waals surface area contributed by atoms with Crippen molar-refractivity contribution in [3.8, 4) is 0 Å². The number of esters is 1. The summed E-state index contributed by atoms with van der Waals surface area (Å²) >= 11 is 0. The maximum atomic E-state index is 12.5. The first-order valence-corrected chi connectivity index (χ1v) is 15.1. The summed E-state index contributed by atoms with van der Waals surface area (Å²) in [5.74, 6) is -0.110. The van der Waals surface area contributed by atoms with E-state index in [4.69, 9.17) is 14.2 Å². The van der Waals surface area contributed by atoms with E-state index in [1.807, 2.05) is 0 Å². The Balaban J connectivity index is 4.31. The molecule has 1 amide bonds. The van der Waals surface area contributed by atoms with Crippen LogP contribution in [0.25, 0.3) is 0 Å². The van der Waals surface area contributed by atoms with Gasteiger partial charge in [-0.25, -0.2) is 4.79 Å². The van der Waals surface area contributed by atoms with Gasteiger partial charge in [0.2, 0.25) is 0 Å². The molecule has 0 aliphatic heterocycles. The van der Waals surface area contributed by atoms with Gasteiger partial charge < -0.3 is 24.6 Å². The van der Waals surface area contributed by atoms with Gasteiger partial charge in [-0.1, -0.05) is 90.9 Å². The van der Waals surface area contributed by atoms with Crippen molar-refractivity contribution in [1.82, 2.24) is 5.32 Å². The summed E-state index contributed by atoms with van der Waals surface area (Å²) in [7, 11) is 0. The van der Waals surface area contributed by atoms with Gasteiger partial charge in [0.1, 0.15) is 11.7 Å². The zero-order valence-corrected chi connectivity index (χ0v) is 24.8. The van der Waals surface area contributed by atoms with Crippen LogP contribution in [-0.4, -0.2) is 54.7 Å². The van der Waals surface area contributed by atoms with Gasteiger partial charge in [0.25, 0.3) is 0 Å². The van der Waals surface area contributed by atoms with Crippen molar-refractivity contribution in [2.24, 2.45) is 0 Å². The highest BCUT2D eigenvalue weighted by Gasteiger charge is 2.20. The number of carbonyl (C=O) groups is 2. The molecule has 0 saturated carbocycles. The lowest BCUT2D eigenvalue weighted by Gasteiger charge is -2.23. The third-order valence-electron chi connectivity index (χ3n) is 6.26. The number of alkyl carbamates (subject to hydrolysis) is 1. The molecular weight excluding hydrogens is 470 g/mol. The third kappa shape index (κ3) is 24.7. The number of ether oxygens (including phenoxy) is 3. The maximum absolute atomic E-state index is 12.5. The second-order valence-electron chi connectivity index (χ2n) is 11.3. The SMILES string of the molecule is CCCCCCCCCCCC(=O)O[C@H](CCCCCCC)CCOC[C@H](CO)NC(=O)OC(C)(C)C. The molecule has 7 heteroatoms. The lowest BCUT2D eigenvalue weighted by atomic mass is 10.1. The molecule has 0 spiro atoms. The molecule has 220 valence electrons. The first-order chi connectivity index (χ1) is 17.7. The summed E-state index contributed by atoms with van der Waals surface area (Å²) in [5, 5.41) is 12.2. The Morgan fingerprint density at radius 3 is 1.86 bits per heavy atom. The molecule has 0 bridgehead atoms. The zero-order valence-electron chi connectivity index (χ0n) is 24.8. The Bertz CT molecular complexity index is 549. The second kappa shape index (κ2) is 23.8. The fourth-order valence-corrected chi connectivity index (χ4v) is 4.12. The smallest absolute Gasteiger partial charge is 0.408 e. The number of aliphatic hydroxyl groups is 1. The Labute approximate surface area is 227 Å². The van der Waals surface area contributed by atoms with Crippen molar-refractivity contribution in [3.63, 3.8) is 0 Å². The molecular formula is C30H59NO6. The molecule has 0 aromatic rings. The molecule has 0 aromatic carbocycles. The number of carbonyl (C=O) groups excluding carboxylic acids is 2. The van der Waals surface area contributed by atoms with E-state index in [0.717, 1.165) is 32.1 Å². The molecule has 0 rings (SSSR count). The van der Waals surface area contributed by atoms with Gasteiger partial charge in [-0.15, -0.1) is 0 Å². The third-order valence-corrected chi connectivity index (χ3v) is 6.26. The van der Waals surface area contributed by atoms with Crippen molar-refractivity contribution in [2.75, 3.05) is 19.8 Å². The first-order valence-electron chi connectivity index (χ1n) is 15.1. The van der Waals surface area contributed by atoms with Crippen LogP contribution in [0, 0.1) is 0 Å². The molecule has 0 fully saturated rings. The maximum Gasteiger partial charge on any atom is 0.408 e. The number of amides is 1. The van der Waals surface area contributed by atoms with Crippen LogP contribution in [-0.2, 0) is 19.0 Å². The van der Waals surface area contributed by atoms with Crippen LogP contribution >= 0.6 is 0 Å². The monoisotopic (exact) mass is 529 g/mol. The molecule has 0 unspecified atom stereocenters. The van der Waals surface area contributed by atoms with Crippen LogP contribution in [0.1, 0.15) is 144 Å². The van der Waals surface area contributed by atoms with Crippen molar-refractivity contribution in [1.29, 1.82) is 0 Å². The van der Waals surface area contributed by atoms with E-state index in [2.05, 4.69) is 19.2 Å². The first kappa shape index (κ1) is 35.7. The van der Waals surface area contributed by atoms with Gasteiger partial charge in [0, 0.05) is 12.8 Å². The highest BCUT2D eigenvalue weighted by molar-refractivity contribution is 5.69. The molecule has 0 aliphatic rings. The number of hydrogen-bond acceptors (Lipinski definition) is 6. The predicted octanol–water partition coefficient (Wildman–Crippen LogP) is 7.47. The van der Waals surface area contributed by atoms with E-state index in [1.165, 1.54) is 64.2 Å². The zero-order chi connectivity index (χ0) is 27.8. The largest absolute Gasteiger partial charge is 0.462 e. The van der Waals surface area contributed by atoms with Crippen molar-refractivity contribution in [2.45, 2.75) is 162 Å². The Morgan fingerprint density at radius 1 is 0.784 bits per heavy atom. The van der Waals surface area contributed by atoms with Crippen LogP contribution in [0.15, 0.2) is 0 Å². The second-order valence-corrected chi connectivity index (χ2v) is 11.3. The van der Waals surface area contributed by atoms with Crippen LogP contribution < -0.4 is 5.32 Å². The quantitative estimate of drug-likeness (QED) is 0.0994. The summed E-state index contributed by atoms with van der Waals surface area (Å²) in [6.07, 6.45) is 18.0. The summed E-state index contributed by atoms with van der Waals surface area (Å²) in [5.41, 5.74) is -0.604. The minimum atomic E-state index is -0.604. The summed E-state index contributed by atoms with van der Waals surface area (Å²) in [4.78, 5) is 24.4. The van der Waals surface area contributed by atoms with E-state index in [-0.39, 0.29) is 25.3 Å². The van der Waals surface area contributed by atoms with E-state index >= 15 is 0 Å². The van der Waals surface area contributed by atoms with Gasteiger partial charge in [0.15, 0.2) is 0 Å². The number of nitrogens with one attached hydrogen (secondary N) is 1. The predicted molar refractivity (Wildman–Crippen MR) is 151 cm³/mol. The Morgan fingerprint density at radius 2 is 1.32 bits per heavy atom. The van der Waals surface area contributed by atoms with Crippen LogP contribution in [0.2, 0.25) is 0 Å².